The largest absolute Gasteiger partial charge is 0 e. The Bertz CT molecular complexity index is 8.00. The molecule has 0 aliphatic carbocycles. The molecule has 0 unspecified atom stereocenters. The van der Waals surface area contributed by atoms with Gasteiger partial charge in [-0.3, -0.25) is 0 Å². The van der Waals surface area contributed by atoms with E-state index in [0.717, 1.165) is 0 Å². The first-order chi connectivity index (χ1) is 1.00. The average molecular weight is 339 g/mol. The summed E-state index contributed by atoms with van der Waals surface area (Å²) < 4.78 is 8.28. The van der Waals surface area contributed by atoms with Gasteiger partial charge in [0.05, 0.1) is 0 Å². The van der Waals surface area contributed by atoms with Crippen LogP contribution in [0.25, 0.3) is 0 Å². The molecule has 0 aliphatic heterocycles. The first kappa shape index (κ1) is 17.5. The van der Waals surface area contributed by atoms with Crippen molar-refractivity contribution in [2.75, 3.05) is 0 Å². The van der Waals surface area contributed by atoms with E-state index in [1.165, 1.54) is 0 Å². The van der Waals surface area contributed by atoms with E-state index in [0.29, 0.717) is 16.2 Å². The Kier molecular flexibility index (Phi) is 102. The van der Waals surface area contributed by atoms with Crippen molar-refractivity contribution in [1.82, 2.24) is 0 Å². The van der Waals surface area contributed by atoms with E-state index in [4.69, 9.17) is 3.80 Å². The summed E-state index contributed by atoms with van der Waals surface area (Å²) in [5.74, 6) is 0. The molecule has 0 aromatic heterocycles. The van der Waals surface area contributed by atoms with Gasteiger partial charge in [-0.1, -0.05) is 0 Å². The van der Waals surface area contributed by atoms with E-state index in [9.17, 15) is 0 Å². The predicted molar refractivity (Wildman–Crippen MR) is 7.84 cm³/mol. The quantitative estimate of drug-likeness (QED) is 0.530. The van der Waals surface area contributed by atoms with Crippen LogP contribution in [0.5, 0.6) is 0 Å². The number of hydrogen-bond acceptors (Lipinski definition) is 1. The normalized spacial score (nSPS) is 0.750. The monoisotopic (exact) mass is 340 g/mol. The fourth-order valence-electron chi connectivity index (χ4n) is 0. The van der Waals surface area contributed by atoms with E-state index >= 15 is 0 Å². The van der Waals surface area contributed by atoms with Crippen molar-refractivity contribution in [3.63, 3.8) is 0 Å². The second-order valence-corrected chi connectivity index (χ2v) is 0. The van der Waals surface area contributed by atoms with Gasteiger partial charge in [0.1, 0.15) is 0 Å². The third kappa shape index (κ3) is 9.50. The minimum absolute atomic E-state index is 0. The molecule has 0 saturated heterocycles. The zero-order valence-corrected chi connectivity index (χ0v) is 7.23. The van der Waals surface area contributed by atoms with E-state index in [-0.39, 0.29) is 39.6 Å². The van der Waals surface area contributed by atoms with Crippen LogP contribution in [0, 0.1) is 0 Å². The van der Waals surface area contributed by atoms with Crippen LogP contribution in [0.1, 0.15) is 0 Å². The van der Waals surface area contributed by atoms with Gasteiger partial charge in [-0.05, 0) is 0 Å². The van der Waals surface area contributed by atoms with Crippen molar-refractivity contribution >= 4 is 16.2 Å². The number of rotatable bonds is 0. The minimum Gasteiger partial charge on any atom is 0 e. The average Bonchev–Trinajstić information content (AvgIpc) is 1.00. The molecule has 0 aromatic rings. The van der Waals surface area contributed by atoms with Crippen molar-refractivity contribution in [3.05, 3.63) is 0 Å². The third-order valence-corrected chi connectivity index (χ3v) is 0. The Balaban J connectivity index is -0.00000000500. The summed E-state index contributed by atoms with van der Waals surface area (Å²) >= 11 is 0.611. The van der Waals surface area contributed by atoms with Gasteiger partial charge in [-0.25, -0.2) is 0 Å². The standard InChI is InChI=1S/Al.Ir.O.Rh.H. The maximum absolute atomic E-state index is 8.28. The maximum atomic E-state index is 8.28. The Labute approximate surface area is 59.3 Å². The van der Waals surface area contributed by atoms with Crippen LogP contribution in [0.2, 0.25) is 0 Å². The molecule has 2 radical (unpaired) electrons. The molecule has 28 valence electrons. The molecule has 0 aliphatic rings. The molecule has 0 heterocycles. The maximum Gasteiger partial charge on any atom is 0 e. The molecule has 0 spiro atoms. The molecule has 0 bridgehead atoms. The fraction of sp³-hybridized carbons (Fsp3) is 0. The molecule has 0 rings (SSSR count). The van der Waals surface area contributed by atoms with Crippen molar-refractivity contribution in [1.29, 1.82) is 0 Å². The Morgan fingerprint density at radius 3 is 1.25 bits per heavy atom. The van der Waals surface area contributed by atoms with Crippen molar-refractivity contribution in [2.24, 2.45) is 0 Å². The molecule has 0 saturated carbocycles. The van der Waals surface area contributed by atoms with Crippen LogP contribution < -0.4 is 0 Å². The van der Waals surface area contributed by atoms with Gasteiger partial charge < -0.3 is 0 Å². The molecule has 4 heavy (non-hydrogen) atoms. The van der Waals surface area contributed by atoms with Gasteiger partial charge in [0, 0.05) is 39.6 Å². The molecule has 0 fully saturated rings. The zero-order chi connectivity index (χ0) is 2.00. The summed E-state index contributed by atoms with van der Waals surface area (Å²) in [7, 11) is 0. The predicted octanol–water partition coefficient (Wildman–Crippen LogP) is -0.772. The molecule has 0 N–H and O–H groups in total. The molecular weight excluding hydrogens is 338 g/mol. The smallest absolute Gasteiger partial charge is 0 e. The van der Waals surface area contributed by atoms with E-state index in [1.54, 1.807) is 0 Å². The van der Waals surface area contributed by atoms with E-state index in [1.807, 2.05) is 0 Å². The molecule has 1 nitrogen and oxygen atoms in total. The molecule has 0 amide bonds. The van der Waals surface area contributed by atoms with Crippen LogP contribution in [0.3, 0.4) is 0 Å². The zero-order valence-electron chi connectivity index (χ0n) is 1.78. The first-order valence-corrected chi connectivity index (χ1v) is 0.866. The van der Waals surface area contributed by atoms with Gasteiger partial charge in [0.15, 0.2) is 0 Å². The van der Waals surface area contributed by atoms with E-state index in [2.05, 4.69) is 0 Å². The van der Waals surface area contributed by atoms with E-state index < -0.39 is 0 Å². The molecule has 0 aromatic carbocycles. The summed E-state index contributed by atoms with van der Waals surface area (Å²) in [6.45, 7) is 0. The first-order valence-electron chi connectivity index (χ1n) is 0.289. The van der Waals surface area contributed by atoms with Crippen molar-refractivity contribution < 1.29 is 43.4 Å². The topological polar surface area (TPSA) is 17.1 Å². The summed E-state index contributed by atoms with van der Waals surface area (Å²) in [5.41, 5.74) is 0. The van der Waals surface area contributed by atoms with Crippen molar-refractivity contribution in [2.45, 2.75) is 0 Å². The summed E-state index contributed by atoms with van der Waals surface area (Å²) in [6.07, 6.45) is 0. The van der Waals surface area contributed by atoms with Gasteiger partial charge in [-0.2, -0.15) is 0 Å². The van der Waals surface area contributed by atoms with Gasteiger partial charge in [0.2, 0.25) is 0 Å². The van der Waals surface area contributed by atoms with Crippen LogP contribution in [-0.4, -0.2) is 16.2 Å². The van der Waals surface area contributed by atoms with Crippen LogP contribution in [0.15, 0.2) is 0 Å². The van der Waals surface area contributed by atoms with Gasteiger partial charge >= 0.3 is 20.0 Å². The SMILES string of the molecule is [Ir].[O]=[AlH].[Rh]. The summed E-state index contributed by atoms with van der Waals surface area (Å²) in [6, 6.07) is 0. The third-order valence-electron chi connectivity index (χ3n) is 0. The summed E-state index contributed by atoms with van der Waals surface area (Å²) in [4.78, 5) is 0. The minimum atomic E-state index is 0. The fourth-order valence-corrected chi connectivity index (χ4v) is 0. The van der Waals surface area contributed by atoms with Crippen molar-refractivity contribution in [3.8, 4) is 0 Å². The van der Waals surface area contributed by atoms with Crippen LogP contribution in [0.4, 0.5) is 0 Å². The molecular formula is HAlIrORh. The van der Waals surface area contributed by atoms with Crippen LogP contribution >= 0.6 is 0 Å². The summed E-state index contributed by atoms with van der Waals surface area (Å²) in [5, 5.41) is 0. The van der Waals surface area contributed by atoms with Gasteiger partial charge in [-0.15, -0.1) is 0 Å². The Morgan fingerprint density at radius 1 is 1.25 bits per heavy atom. The number of hydrogen-bond donors (Lipinski definition) is 0. The Hall–Kier alpha value is 1.61. The van der Waals surface area contributed by atoms with Crippen LogP contribution in [-0.2, 0) is 43.4 Å². The second kappa shape index (κ2) is 23.2. The molecule has 4 heteroatoms. The molecule has 0 atom stereocenters. The van der Waals surface area contributed by atoms with Gasteiger partial charge in [0.25, 0.3) is 0 Å². The Morgan fingerprint density at radius 2 is 1.25 bits per heavy atom. The second-order valence-electron chi connectivity index (χ2n) is 0.